The van der Waals surface area contributed by atoms with Crippen molar-refractivity contribution >= 4 is 10.9 Å². The standard InChI is InChI=1S/C18H17NO2/c1-12-9-14(7-8-17(12)21-2)18(20)15-10-13-5-3-4-6-16(13)19-11-15/h3-11,18,20H,1-2H3. The van der Waals surface area contributed by atoms with Crippen molar-refractivity contribution in [1.82, 2.24) is 4.98 Å². The Hall–Kier alpha value is -2.39. The van der Waals surface area contributed by atoms with Gasteiger partial charge in [-0.3, -0.25) is 4.98 Å². The third-order valence-corrected chi connectivity index (χ3v) is 3.66. The lowest BCUT2D eigenvalue weighted by molar-refractivity contribution is 0.220. The van der Waals surface area contributed by atoms with Gasteiger partial charge in [0, 0.05) is 17.1 Å². The Morgan fingerprint density at radius 1 is 1.05 bits per heavy atom. The van der Waals surface area contributed by atoms with Crippen molar-refractivity contribution in [2.45, 2.75) is 13.0 Å². The van der Waals surface area contributed by atoms with Crippen LogP contribution in [0, 0.1) is 6.92 Å². The number of methoxy groups -OCH3 is 1. The summed E-state index contributed by atoms with van der Waals surface area (Å²) in [4.78, 5) is 4.40. The molecule has 1 heterocycles. The number of aliphatic hydroxyl groups excluding tert-OH is 1. The molecule has 1 atom stereocenters. The van der Waals surface area contributed by atoms with Crippen molar-refractivity contribution in [2.24, 2.45) is 0 Å². The number of aliphatic hydroxyl groups is 1. The summed E-state index contributed by atoms with van der Waals surface area (Å²) in [5, 5.41) is 11.6. The molecule has 0 saturated carbocycles. The number of benzene rings is 2. The van der Waals surface area contributed by atoms with Crippen LogP contribution in [0.1, 0.15) is 22.8 Å². The summed E-state index contributed by atoms with van der Waals surface area (Å²) in [5.74, 6) is 0.822. The maximum absolute atomic E-state index is 10.6. The number of rotatable bonds is 3. The first-order valence-corrected chi connectivity index (χ1v) is 6.86. The van der Waals surface area contributed by atoms with E-state index in [0.717, 1.165) is 33.3 Å². The van der Waals surface area contributed by atoms with Crippen LogP contribution in [0.2, 0.25) is 0 Å². The second-order valence-corrected chi connectivity index (χ2v) is 5.09. The Morgan fingerprint density at radius 2 is 1.86 bits per heavy atom. The number of aromatic nitrogens is 1. The van der Waals surface area contributed by atoms with E-state index in [-0.39, 0.29) is 0 Å². The molecule has 0 radical (unpaired) electrons. The molecule has 21 heavy (non-hydrogen) atoms. The predicted octanol–water partition coefficient (Wildman–Crippen LogP) is 3.63. The van der Waals surface area contributed by atoms with Gasteiger partial charge < -0.3 is 9.84 Å². The van der Waals surface area contributed by atoms with Crippen LogP contribution in [0.4, 0.5) is 0 Å². The normalized spacial score (nSPS) is 12.3. The number of ether oxygens (including phenoxy) is 1. The molecule has 3 heteroatoms. The quantitative estimate of drug-likeness (QED) is 0.796. The Bertz CT molecular complexity index is 783. The lowest BCUT2D eigenvalue weighted by Crippen LogP contribution is -2.01. The fourth-order valence-electron chi connectivity index (χ4n) is 2.50. The van der Waals surface area contributed by atoms with Crippen LogP contribution < -0.4 is 4.74 Å². The number of fused-ring (bicyclic) bond motifs is 1. The van der Waals surface area contributed by atoms with E-state index in [1.165, 1.54) is 0 Å². The number of para-hydroxylation sites is 1. The zero-order valence-electron chi connectivity index (χ0n) is 12.1. The van der Waals surface area contributed by atoms with E-state index in [0.29, 0.717) is 0 Å². The molecule has 106 valence electrons. The molecular formula is C18H17NO2. The molecule has 3 rings (SSSR count). The third-order valence-electron chi connectivity index (χ3n) is 3.66. The molecule has 3 aromatic rings. The van der Waals surface area contributed by atoms with Crippen LogP contribution in [-0.2, 0) is 0 Å². The van der Waals surface area contributed by atoms with E-state index >= 15 is 0 Å². The number of pyridine rings is 1. The van der Waals surface area contributed by atoms with E-state index in [2.05, 4.69) is 4.98 Å². The van der Waals surface area contributed by atoms with Gasteiger partial charge in [0.05, 0.1) is 12.6 Å². The summed E-state index contributed by atoms with van der Waals surface area (Å²) >= 11 is 0. The molecule has 3 nitrogen and oxygen atoms in total. The van der Waals surface area contributed by atoms with Gasteiger partial charge in [0.1, 0.15) is 11.9 Å². The van der Waals surface area contributed by atoms with Crippen LogP contribution in [0.15, 0.2) is 54.7 Å². The van der Waals surface area contributed by atoms with E-state index in [4.69, 9.17) is 4.74 Å². The van der Waals surface area contributed by atoms with Gasteiger partial charge in [0.2, 0.25) is 0 Å². The molecule has 1 unspecified atom stereocenters. The van der Waals surface area contributed by atoms with Gasteiger partial charge in [-0.1, -0.05) is 24.3 Å². The fourth-order valence-corrected chi connectivity index (χ4v) is 2.50. The average Bonchev–Trinajstić information content (AvgIpc) is 2.53. The molecule has 0 aliphatic rings. The van der Waals surface area contributed by atoms with E-state index in [9.17, 15) is 5.11 Å². The number of hydrogen-bond donors (Lipinski definition) is 1. The molecule has 0 aliphatic carbocycles. The molecule has 2 aromatic carbocycles. The second kappa shape index (κ2) is 5.54. The zero-order chi connectivity index (χ0) is 14.8. The molecule has 0 bridgehead atoms. The van der Waals surface area contributed by atoms with Gasteiger partial charge in [-0.15, -0.1) is 0 Å². The Morgan fingerprint density at radius 3 is 2.62 bits per heavy atom. The van der Waals surface area contributed by atoms with Crippen LogP contribution in [0.3, 0.4) is 0 Å². The number of aryl methyl sites for hydroxylation is 1. The van der Waals surface area contributed by atoms with Crippen molar-refractivity contribution in [2.75, 3.05) is 7.11 Å². The first kappa shape index (κ1) is 13.6. The molecular weight excluding hydrogens is 262 g/mol. The number of hydrogen-bond acceptors (Lipinski definition) is 3. The maximum Gasteiger partial charge on any atom is 0.121 e. The predicted molar refractivity (Wildman–Crippen MR) is 83.5 cm³/mol. The smallest absolute Gasteiger partial charge is 0.121 e. The average molecular weight is 279 g/mol. The fraction of sp³-hybridized carbons (Fsp3) is 0.167. The van der Waals surface area contributed by atoms with Crippen LogP contribution in [0.25, 0.3) is 10.9 Å². The van der Waals surface area contributed by atoms with Gasteiger partial charge in [0.15, 0.2) is 0 Å². The number of nitrogens with zero attached hydrogens (tertiary/aromatic N) is 1. The first-order valence-electron chi connectivity index (χ1n) is 6.86. The van der Waals surface area contributed by atoms with Crippen LogP contribution in [-0.4, -0.2) is 17.2 Å². The Kier molecular flexibility index (Phi) is 3.59. The molecule has 0 saturated heterocycles. The Labute approximate surface area is 123 Å². The summed E-state index contributed by atoms with van der Waals surface area (Å²) < 4.78 is 5.25. The topological polar surface area (TPSA) is 42.4 Å². The molecule has 1 N–H and O–H groups in total. The van der Waals surface area contributed by atoms with Crippen molar-refractivity contribution in [1.29, 1.82) is 0 Å². The second-order valence-electron chi connectivity index (χ2n) is 5.09. The third kappa shape index (κ3) is 2.60. The highest BCUT2D eigenvalue weighted by Crippen LogP contribution is 2.27. The minimum absolute atomic E-state index is 0.688. The van der Waals surface area contributed by atoms with Gasteiger partial charge in [-0.05, 0) is 42.3 Å². The highest BCUT2D eigenvalue weighted by molar-refractivity contribution is 5.78. The van der Waals surface area contributed by atoms with Gasteiger partial charge in [-0.2, -0.15) is 0 Å². The molecule has 1 aromatic heterocycles. The van der Waals surface area contributed by atoms with Crippen molar-refractivity contribution < 1.29 is 9.84 Å². The van der Waals surface area contributed by atoms with Gasteiger partial charge in [0.25, 0.3) is 0 Å². The summed E-state index contributed by atoms with van der Waals surface area (Å²) in [6.07, 6.45) is 1.04. The first-order chi connectivity index (χ1) is 10.2. The van der Waals surface area contributed by atoms with Crippen molar-refractivity contribution in [3.8, 4) is 5.75 Å². The minimum Gasteiger partial charge on any atom is -0.496 e. The van der Waals surface area contributed by atoms with Gasteiger partial charge >= 0.3 is 0 Å². The van der Waals surface area contributed by atoms with E-state index in [1.807, 2.05) is 55.5 Å². The Balaban J connectivity index is 1.99. The molecule has 0 aliphatic heterocycles. The zero-order valence-corrected chi connectivity index (χ0v) is 12.1. The van der Waals surface area contributed by atoms with Gasteiger partial charge in [-0.25, -0.2) is 0 Å². The highest BCUT2D eigenvalue weighted by Gasteiger charge is 2.13. The SMILES string of the molecule is COc1ccc(C(O)c2cnc3ccccc3c2)cc1C. The van der Waals surface area contributed by atoms with Crippen LogP contribution >= 0.6 is 0 Å². The lowest BCUT2D eigenvalue weighted by atomic mass is 10.00. The van der Waals surface area contributed by atoms with E-state index in [1.54, 1.807) is 13.3 Å². The van der Waals surface area contributed by atoms with Crippen molar-refractivity contribution in [3.05, 3.63) is 71.4 Å². The molecule has 0 amide bonds. The molecule has 0 spiro atoms. The lowest BCUT2D eigenvalue weighted by Gasteiger charge is -2.14. The summed E-state index contributed by atoms with van der Waals surface area (Å²) in [6.45, 7) is 1.97. The van der Waals surface area contributed by atoms with Crippen molar-refractivity contribution in [3.63, 3.8) is 0 Å². The summed E-state index contributed by atoms with van der Waals surface area (Å²) in [6, 6.07) is 15.6. The minimum atomic E-state index is -0.688. The summed E-state index contributed by atoms with van der Waals surface area (Å²) in [5.41, 5.74) is 3.56. The monoisotopic (exact) mass is 279 g/mol. The van der Waals surface area contributed by atoms with E-state index < -0.39 is 6.10 Å². The summed E-state index contributed by atoms with van der Waals surface area (Å²) in [7, 11) is 1.64. The maximum atomic E-state index is 10.6. The van der Waals surface area contributed by atoms with Crippen LogP contribution in [0.5, 0.6) is 5.75 Å². The largest absolute Gasteiger partial charge is 0.496 e. The molecule has 0 fully saturated rings. The highest BCUT2D eigenvalue weighted by atomic mass is 16.5.